The van der Waals surface area contributed by atoms with Gasteiger partial charge in [-0.05, 0) is 36.2 Å². The molecular weight excluding hydrogens is 364 g/mol. The molecule has 0 aromatic heterocycles. The summed E-state index contributed by atoms with van der Waals surface area (Å²) in [6.07, 6.45) is 0. The lowest BCUT2D eigenvalue weighted by Crippen LogP contribution is -2.33. The predicted octanol–water partition coefficient (Wildman–Crippen LogP) is 3.36. The summed E-state index contributed by atoms with van der Waals surface area (Å²) in [5, 5.41) is 2.21. The molecule has 27 heavy (non-hydrogen) atoms. The molecule has 1 aliphatic heterocycles. The lowest BCUT2D eigenvalue weighted by molar-refractivity contribution is -0.135. The number of nitrogens with zero attached hydrogens (tertiary/aromatic N) is 1. The summed E-state index contributed by atoms with van der Waals surface area (Å²) < 4.78 is 54.8. The first kappa shape index (κ1) is 18.9. The van der Waals surface area contributed by atoms with Crippen LogP contribution in [-0.4, -0.2) is 30.3 Å². The van der Waals surface area contributed by atoms with Gasteiger partial charge in [0.2, 0.25) is 11.8 Å². The van der Waals surface area contributed by atoms with Crippen molar-refractivity contribution in [2.24, 2.45) is 5.92 Å². The molecule has 0 saturated carbocycles. The van der Waals surface area contributed by atoms with Crippen molar-refractivity contribution >= 4 is 17.5 Å². The van der Waals surface area contributed by atoms with Gasteiger partial charge in [-0.1, -0.05) is 6.07 Å². The maximum atomic E-state index is 14.0. The minimum Gasteiger partial charge on any atom is -0.344 e. The van der Waals surface area contributed by atoms with Crippen molar-refractivity contribution in [3.8, 4) is 0 Å². The van der Waals surface area contributed by atoms with Crippen molar-refractivity contribution in [2.45, 2.75) is 12.8 Å². The van der Waals surface area contributed by atoms with Gasteiger partial charge in [-0.25, -0.2) is 17.6 Å². The molecule has 1 N–H and O–H groups in total. The van der Waals surface area contributed by atoms with E-state index in [0.29, 0.717) is 6.07 Å². The molecule has 3 rings (SSSR count). The number of anilines is 1. The average Bonchev–Trinajstić information content (AvgIpc) is 2.90. The fourth-order valence-corrected chi connectivity index (χ4v) is 3.23. The first-order valence-corrected chi connectivity index (χ1v) is 8.15. The molecule has 0 bridgehead atoms. The van der Waals surface area contributed by atoms with Crippen LogP contribution in [-0.2, 0) is 9.59 Å². The molecule has 2 amide bonds. The lowest BCUT2D eigenvalue weighted by atomic mass is 9.87. The van der Waals surface area contributed by atoms with Crippen molar-refractivity contribution in [1.29, 1.82) is 0 Å². The molecule has 4 nitrogen and oxygen atoms in total. The Morgan fingerprint density at radius 1 is 1.07 bits per heavy atom. The number of carbonyl (C=O) groups is 2. The molecule has 1 aliphatic rings. The largest absolute Gasteiger partial charge is 0.344 e. The Kier molecular flexibility index (Phi) is 4.91. The average molecular weight is 380 g/mol. The van der Waals surface area contributed by atoms with Gasteiger partial charge in [-0.3, -0.25) is 9.59 Å². The Bertz CT molecular complexity index is 912. The second-order valence-corrected chi connectivity index (χ2v) is 6.55. The van der Waals surface area contributed by atoms with Crippen LogP contribution in [0.25, 0.3) is 0 Å². The Balaban J connectivity index is 1.93. The standard InChI is InChI=1S/C19H16F4N2O2/c1-9-3-4-14(17(23)16(9)22)24-18(26)15-13(8-25(2)19(15)27)10-5-11(20)7-12(21)6-10/h3-7,13,15H,8H2,1-2H3,(H,24,26)/t13-,15+/m1/s1. The summed E-state index contributed by atoms with van der Waals surface area (Å²) in [5.41, 5.74) is -0.203. The van der Waals surface area contributed by atoms with Gasteiger partial charge in [-0.2, -0.15) is 0 Å². The molecule has 8 heteroatoms. The predicted molar refractivity (Wildman–Crippen MR) is 90.0 cm³/mol. The minimum absolute atomic E-state index is 0.0601. The zero-order valence-electron chi connectivity index (χ0n) is 14.5. The van der Waals surface area contributed by atoms with Crippen LogP contribution in [0.3, 0.4) is 0 Å². The van der Waals surface area contributed by atoms with E-state index in [9.17, 15) is 27.2 Å². The van der Waals surface area contributed by atoms with Crippen LogP contribution in [0.1, 0.15) is 17.0 Å². The van der Waals surface area contributed by atoms with E-state index in [0.717, 1.165) is 12.1 Å². The van der Waals surface area contributed by atoms with Crippen LogP contribution in [0.2, 0.25) is 0 Å². The van der Waals surface area contributed by atoms with E-state index in [1.807, 2.05) is 0 Å². The first-order valence-electron chi connectivity index (χ1n) is 8.15. The van der Waals surface area contributed by atoms with Gasteiger partial charge in [0.15, 0.2) is 11.6 Å². The number of halogens is 4. The third kappa shape index (κ3) is 3.51. The zero-order valence-corrected chi connectivity index (χ0v) is 14.5. The van der Waals surface area contributed by atoms with Gasteiger partial charge < -0.3 is 10.2 Å². The fraction of sp³-hybridized carbons (Fsp3) is 0.263. The van der Waals surface area contributed by atoms with Gasteiger partial charge in [0.1, 0.15) is 17.6 Å². The van der Waals surface area contributed by atoms with E-state index >= 15 is 0 Å². The molecule has 0 aliphatic carbocycles. The molecule has 2 atom stereocenters. The van der Waals surface area contributed by atoms with E-state index in [2.05, 4.69) is 5.32 Å². The molecule has 1 fully saturated rings. The topological polar surface area (TPSA) is 49.4 Å². The SMILES string of the molecule is Cc1ccc(NC(=O)[C@H]2C(=O)N(C)C[C@@H]2c2cc(F)cc(F)c2)c(F)c1F. The van der Waals surface area contributed by atoms with Crippen LogP contribution < -0.4 is 5.32 Å². The number of hydrogen-bond acceptors (Lipinski definition) is 2. The highest BCUT2D eigenvalue weighted by atomic mass is 19.2. The number of likely N-dealkylation sites (N-methyl/N-ethyl adjacent to an activating group) is 1. The summed E-state index contributed by atoms with van der Waals surface area (Å²) >= 11 is 0. The van der Waals surface area contributed by atoms with E-state index < -0.39 is 52.6 Å². The highest BCUT2D eigenvalue weighted by Gasteiger charge is 2.44. The third-order valence-corrected chi connectivity index (χ3v) is 4.64. The summed E-state index contributed by atoms with van der Waals surface area (Å²) in [6.45, 7) is 1.43. The number of nitrogens with one attached hydrogen (secondary N) is 1. The number of carbonyl (C=O) groups excluding carboxylic acids is 2. The van der Waals surface area contributed by atoms with E-state index in [1.165, 1.54) is 31.0 Å². The summed E-state index contributed by atoms with van der Waals surface area (Å²) in [5.74, 6) is -7.61. The normalized spacial score (nSPS) is 19.5. The van der Waals surface area contributed by atoms with Crippen molar-refractivity contribution < 1.29 is 27.2 Å². The van der Waals surface area contributed by atoms with Crippen LogP contribution in [0.4, 0.5) is 23.2 Å². The summed E-state index contributed by atoms with van der Waals surface area (Å²) in [6, 6.07) is 5.25. The Morgan fingerprint density at radius 3 is 2.33 bits per heavy atom. The number of aryl methyl sites for hydroxylation is 1. The highest BCUT2D eigenvalue weighted by molar-refractivity contribution is 6.08. The summed E-state index contributed by atoms with van der Waals surface area (Å²) in [4.78, 5) is 26.3. The molecule has 2 aromatic rings. The van der Waals surface area contributed by atoms with Crippen molar-refractivity contribution in [1.82, 2.24) is 4.90 Å². The molecular formula is C19H16F4N2O2. The van der Waals surface area contributed by atoms with Crippen molar-refractivity contribution in [3.05, 3.63) is 64.7 Å². The van der Waals surface area contributed by atoms with E-state index in [1.54, 1.807) is 0 Å². The molecule has 2 aromatic carbocycles. The van der Waals surface area contributed by atoms with Crippen LogP contribution >= 0.6 is 0 Å². The maximum Gasteiger partial charge on any atom is 0.237 e. The monoisotopic (exact) mass is 380 g/mol. The van der Waals surface area contributed by atoms with E-state index in [4.69, 9.17) is 0 Å². The summed E-state index contributed by atoms with van der Waals surface area (Å²) in [7, 11) is 1.45. The number of hydrogen-bond donors (Lipinski definition) is 1. The highest BCUT2D eigenvalue weighted by Crippen LogP contribution is 2.35. The molecule has 142 valence electrons. The van der Waals surface area contributed by atoms with Crippen molar-refractivity contribution in [3.63, 3.8) is 0 Å². The maximum absolute atomic E-state index is 14.0. The molecule has 0 spiro atoms. The van der Waals surface area contributed by atoms with Crippen LogP contribution in [0.5, 0.6) is 0 Å². The fourth-order valence-electron chi connectivity index (χ4n) is 3.23. The quantitative estimate of drug-likeness (QED) is 0.656. The third-order valence-electron chi connectivity index (χ3n) is 4.64. The second kappa shape index (κ2) is 7.02. The minimum atomic E-state index is -1.32. The van der Waals surface area contributed by atoms with Crippen molar-refractivity contribution in [2.75, 3.05) is 18.9 Å². The Hall–Kier alpha value is -2.90. The van der Waals surface area contributed by atoms with Gasteiger partial charge >= 0.3 is 0 Å². The molecule has 0 radical (unpaired) electrons. The number of amides is 2. The first-order chi connectivity index (χ1) is 12.7. The smallest absolute Gasteiger partial charge is 0.237 e. The Morgan fingerprint density at radius 2 is 1.70 bits per heavy atom. The van der Waals surface area contributed by atoms with Crippen LogP contribution in [0.15, 0.2) is 30.3 Å². The van der Waals surface area contributed by atoms with E-state index in [-0.39, 0.29) is 17.7 Å². The number of rotatable bonds is 3. The molecule has 0 unspecified atom stereocenters. The van der Waals surface area contributed by atoms with Gasteiger partial charge in [0.25, 0.3) is 0 Å². The lowest BCUT2D eigenvalue weighted by Gasteiger charge is -2.17. The van der Waals surface area contributed by atoms with Crippen LogP contribution in [0, 0.1) is 36.1 Å². The number of likely N-dealkylation sites (tertiary alicyclic amines) is 1. The zero-order chi connectivity index (χ0) is 19.9. The molecule has 1 saturated heterocycles. The number of benzene rings is 2. The van der Waals surface area contributed by atoms with Gasteiger partial charge in [0, 0.05) is 25.6 Å². The second-order valence-electron chi connectivity index (χ2n) is 6.55. The molecule has 1 heterocycles. The Labute approximate surface area is 152 Å². The van der Waals surface area contributed by atoms with Gasteiger partial charge in [0.05, 0.1) is 5.69 Å². The van der Waals surface area contributed by atoms with Gasteiger partial charge in [-0.15, -0.1) is 0 Å².